The molecule has 0 aromatic carbocycles. The van der Waals surface area contributed by atoms with Crippen molar-refractivity contribution in [3.63, 3.8) is 0 Å². The first-order valence-electron chi connectivity index (χ1n) is 5.25. The maximum Gasteiger partial charge on any atom is 0.191 e. The largest absolute Gasteiger partial charge is 0.356 e. The molecule has 6 heteroatoms. The van der Waals surface area contributed by atoms with Gasteiger partial charge in [-0.25, -0.2) is 0 Å². The molecule has 0 spiro atoms. The fourth-order valence-corrected chi connectivity index (χ4v) is 2.38. The van der Waals surface area contributed by atoms with Gasteiger partial charge in [-0.3, -0.25) is 4.99 Å². The summed E-state index contributed by atoms with van der Waals surface area (Å²) >= 11 is 3.65. The summed E-state index contributed by atoms with van der Waals surface area (Å²) in [6.07, 6.45) is 2.10. The van der Waals surface area contributed by atoms with Crippen LogP contribution in [-0.2, 0) is 6.54 Å². The third kappa shape index (κ3) is 7.15. The van der Waals surface area contributed by atoms with Gasteiger partial charge in [-0.05, 0) is 25.3 Å². The van der Waals surface area contributed by atoms with Crippen LogP contribution in [0.15, 0.2) is 17.1 Å². The lowest BCUT2D eigenvalue weighted by molar-refractivity contribution is 0.842. The van der Waals surface area contributed by atoms with Gasteiger partial charge < -0.3 is 10.6 Å². The number of nitrogens with one attached hydrogen (secondary N) is 2. The number of hydrogen-bond donors (Lipinski definition) is 2. The molecule has 1 aromatic rings. The number of aliphatic imine (C=N–C) groups is 1. The lowest BCUT2D eigenvalue weighted by atomic mass is 10.4. The SMILES string of the molecule is CN=C(NCCSC)NCc1ccc(C)s1.I. The van der Waals surface area contributed by atoms with E-state index in [-0.39, 0.29) is 24.0 Å². The summed E-state index contributed by atoms with van der Waals surface area (Å²) in [5.74, 6) is 1.97. The molecule has 0 radical (unpaired) electrons. The van der Waals surface area contributed by atoms with Crippen molar-refractivity contribution in [2.75, 3.05) is 25.6 Å². The van der Waals surface area contributed by atoms with E-state index in [1.54, 1.807) is 7.05 Å². The van der Waals surface area contributed by atoms with Crippen LogP contribution < -0.4 is 10.6 Å². The number of halogens is 1. The summed E-state index contributed by atoms with van der Waals surface area (Å²) in [5, 5.41) is 6.57. The molecule has 1 rings (SSSR count). The van der Waals surface area contributed by atoms with Gasteiger partial charge in [-0.15, -0.1) is 35.3 Å². The van der Waals surface area contributed by atoms with Gasteiger partial charge in [0.05, 0.1) is 6.54 Å². The molecule has 2 N–H and O–H groups in total. The molecule has 0 fully saturated rings. The third-order valence-corrected chi connectivity index (χ3v) is 3.66. The van der Waals surface area contributed by atoms with Crippen molar-refractivity contribution in [3.8, 4) is 0 Å². The average Bonchev–Trinajstić information content (AvgIpc) is 2.69. The van der Waals surface area contributed by atoms with Crippen LogP contribution in [0.2, 0.25) is 0 Å². The van der Waals surface area contributed by atoms with Crippen LogP contribution in [0.25, 0.3) is 0 Å². The monoisotopic (exact) mass is 385 g/mol. The first kappa shape index (κ1) is 17.1. The number of aryl methyl sites for hydroxylation is 1. The van der Waals surface area contributed by atoms with Crippen LogP contribution in [0.4, 0.5) is 0 Å². The highest BCUT2D eigenvalue weighted by Crippen LogP contribution is 2.14. The fraction of sp³-hybridized carbons (Fsp3) is 0.545. The van der Waals surface area contributed by atoms with Gasteiger partial charge in [0, 0.05) is 29.1 Å². The molecule has 0 saturated heterocycles. The Bertz CT molecular complexity index is 339. The minimum absolute atomic E-state index is 0. The van der Waals surface area contributed by atoms with Crippen molar-refractivity contribution < 1.29 is 0 Å². The van der Waals surface area contributed by atoms with E-state index < -0.39 is 0 Å². The van der Waals surface area contributed by atoms with Crippen molar-refractivity contribution in [1.29, 1.82) is 0 Å². The number of thiophene rings is 1. The Labute approximate surface area is 129 Å². The Balaban J connectivity index is 0.00000256. The van der Waals surface area contributed by atoms with E-state index in [1.807, 2.05) is 23.1 Å². The molecule has 0 amide bonds. The highest BCUT2D eigenvalue weighted by molar-refractivity contribution is 14.0. The third-order valence-electron chi connectivity index (χ3n) is 2.05. The lowest BCUT2D eigenvalue weighted by Crippen LogP contribution is -2.37. The molecule has 0 unspecified atom stereocenters. The Morgan fingerprint density at radius 1 is 1.41 bits per heavy atom. The molecule has 0 aliphatic carbocycles. The number of nitrogens with zero attached hydrogens (tertiary/aromatic N) is 1. The number of thioether (sulfide) groups is 1. The predicted molar refractivity (Wildman–Crippen MR) is 91.1 cm³/mol. The first-order valence-corrected chi connectivity index (χ1v) is 7.46. The van der Waals surface area contributed by atoms with Crippen LogP contribution in [0, 0.1) is 6.92 Å². The zero-order chi connectivity index (χ0) is 11.8. The fourth-order valence-electron chi connectivity index (χ4n) is 1.24. The van der Waals surface area contributed by atoms with Gasteiger partial charge >= 0.3 is 0 Å². The van der Waals surface area contributed by atoms with Crippen LogP contribution in [-0.4, -0.2) is 31.6 Å². The van der Waals surface area contributed by atoms with Crippen LogP contribution in [0.1, 0.15) is 9.75 Å². The van der Waals surface area contributed by atoms with Crippen molar-refractivity contribution in [1.82, 2.24) is 10.6 Å². The van der Waals surface area contributed by atoms with E-state index >= 15 is 0 Å². The summed E-state index contributed by atoms with van der Waals surface area (Å²) < 4.78 is 0. The zero-order valence-corrected chi connectivity index (χ0v) is 14.4. The van der Waals surface area contributed by atoms with E-state index in [9.17, 15) is 0 Å². The summed E-state index contributed by atoms with van der Waals surface area (Å²) in [7, 11) is 1.80. The highest BCUT2D eigenvalue weighted by atomic mass is 127. The Morgan fingerprint density at radius 2 is 2.18 bits per heavy atom. The molecule has 0 aliphatic heterocycles. The Kier molecular flexibility index (Phi) is 10.0. The van der Waals surface area contributed by atoms with Crippen LogP contribution in [0.3, 0.4) is 0 Å². The molecule has 0 atom stereocenters. The summed E-state index contributed by atoms with van der Waals surface area (Å²) in [5.41, 5.74) is 0. The Hall–Kier alpha value is 0.0500. The van der Waals surface area contributed by atoms with E-state index in [0.29, 0.717) is 0 Å². The topological polar surface area (TPSA) is 36.4 Å². The average molecular weight is 385 g/mol. The second-order valence-electron chi connectivity index (χ2n) is 3.36. The Morgan fingerprint density at radius 3 is 2.71 bits per heavy atom. The van der Waals surface area contributed by atoms with Crippen molar-refractivity contribution >= 4 is 53.0 Å². The minimum Gasteiger partial charge on any atom is -0.356 e. The van der Waals surface area contributed by atoms with E-state index in [1.165, 1.54) is 9.75 Å². The predicted octanol–water partition coefficient (Wildman–Crippen LogP) is 2.70. The molecule has 98 valence electrons. The molecule has 3 nitrogen and oxygen atoms in total. The molecule has 1 aromatic heterocycles. The quantitative estimate of drug-likeness (QED) is 0.354. The summed E-state index contributed by atoms with van der Waals surface area (Å²) in [6.45, 7) is 3.92. The van der Waals surface area contributed by atoms with Crippen molar-refractivity contribution in [2.45, 2.75) is 13.5 Å². The van der Waals surface area contributed by atoms with Crippen molar-refractivity contribution in [3.05, 3.63) is 21.9 Å². The van der Waals surface area contributed by atoms with Gasteiger partial charge in [0.15, 0.2) is 5.96 Å². The molecule has 1 heterocycles. The molecular formula is C11H20IN3S2. The second-order valence-corrected chi connectivity index (χ2v) is 5.72. The number of hydrogen-bond acceptors (Lipinski definition) is 3. The summed E-state index contributed by atoms with van der Waals surface area (Å²) in [6, 6.07) is 4.30. The normalized spacial score (nSPS) is 10.9. The van der Waals surface area contributed by atoms with Crippen LogP contribution >= 0.6 is 47.1 Å². The van der Waals surface area contributed by atoms with E-state index in [4.69, 9.17) is 0 Å². The van der Waals surface area contributed by atoms with Crippen LogP contribution in [0.5, 0.6) is 0 Å². The standard InChI is InChI=1S/C11H19N3S2.HI/c1-9-4-5-10(16-9)8-14-11(12-2)13-6-7-15-3;/h4-5H,6-8H2,1-3H3,(H2,12,13,14);1H. The number of rotatable bonds is 5. The zero-order valence-electron chi connectivity index (χ0n) is 10.4. The van der Waals surface area contributed by atoms with Gasteiger partial charge in [0.25, 0.3) is 0 Å². The number of guanidine groups is 1. The summed E-state index contributed by atoms with van der Waals surface area (Å²) in [4.78, 5) is 6.86. The molecule has 0 bridgehead atoms. The van der Waals surface area contributed by atoms with Gasteiger partial charge in [0.2, 0.25) is 0 Å². The first-order chi connectivity index (χ1) is 7.76. The molecule has 0 aliphatic rings. The maximum absolute atomic E-state index is 4.17. The van der Waals surface area contributed by atoms with Gasteiger partial charge in [-0.1, -0.05) is 0 Å². The lowest BCUT2D eigenvalue weighted by Gasteiger charge is -2.10. The molecular weight excluding hydrogens is 365 g/mol. The maximum atomic E-state index is 4.17. The van der Waals surface area contributed by atoms with E-state index in [0.717, 1.165) is 24.8 Å². The molecule has 0 saturated carbocycles. The van der Waals surface area contributed by atoms with Gasteiger partial charge in [-0.2, -0.15) is 11.8 Å². The van der Waals surface area contributed by atoms with Crippen molar-refractivity contribution in [2.24, 2.45) is 4.99 Å². The van der Waals surface area contributed by atoms with E-state index in [2.05, 4.69) is 40.9 Å². The second kappa shape index (κ2) is 10.0. The highest BCUT2D eigenvalue weighted by Gasteiger charge is 1.99. The smallest absolute Gasteiger partial charge is 0.191 e. The minimum atomic E-state index is 0. The molecule has 17 heavy (non-hydrogen) atoms. The van der Waals surface area contributed by atoms with Gasteiger partial charge in [0.1, 0.15) is 0 Å².